The average Bonchev–Trinajstić information content (AvgIpc) is 2.88. The van der Waals surface area contributed by atoms with Crippen LogP contribution in [0.2, 0.25) is 0 Å². The second kappa shape index (κ2) is 6.94. The van der Waals surface area contributed by atoms with Gasteiger partial charge in [0.1, 0.15) is 10.8 Å². The molecule has 2 aromatic rings. The van der Waals surface area contributed by atoms with Crippen molar-refractivity contribution in [3.05, 3.63) is 48.2 Å². The van der Waals surface area contributed by atoms with E-state index in [9.17, 15) is 19.5 Å². The Kier molecular flexibility index (Phi) is 4.71. The lowest BCUT2D eigenvalue weighted by Crippen LogP contribution is -2.31. The Morgan fingerprint density at radius 2 is 2.04 bits per heavy atom. The molecule has 1 fully saturated rings. The van der Waals surface area contributed by atoms with Crippen molar-refractivity contribution in [2.24, 2.45) is 0 Å². The van der Waals surface area contributed by atoms with E-state index in [2.05, 4.69) is 4.98 Å². The zero-order valence-electron chi connectivity index (χ0n) is 13.2. The number of aromatic nitrogens is 1. The van der Waals surface area contributed by atoms with Crippen LogP contribution in [0.4, 0.5) is 5.69 Å². The summed E-state index contributed by atoms with van der Waals surface area (Å²) in [5.74, 6) is -1.79. The molecule has 0 N–H and O–H groups in total. The number of hydrogen-bond donors (Lipinski definition) is 0. The van der Waals surface area contributed by atoms with Crippen LogP contribution in [0.1, 0.15) is 16.8 Å². The van der Waals surface area contributed by atoms with Gasteiger partial charge in [-0.1, -0.05) is 23.9 Å². The maximum Gasteiger partial charge on any atom is 0.247 e. The maximum atomic E-state index is 12.7. The number of imide groups is 1. The first-order valence-electron chi connectivity index (χ1n) is 7.35. The van der Waals surface area contributed by atoms with Crippen molar-refractivity contribution < 1.29 is 24.2 Å². The van der Waals surface area contributed by atoms with Crippen molar-refractivity contribution in [3.63, 3.8) is 0 Å². The van der Waals surface area contributed by atoms with Crippen molar-refractivity contribution >= 4 is 35.2 Å². The van der Waals surface area contributed by atoms with E-state index in [1.165, 1.54) is 25.4 Å². The van der Waals surface area contributed by atoms with E-state index < -0.39 is 17.1 Å². The van der Waals surface area contributed by atoms with Gasteiger partial charge in [-0.2, -0.15) is 0 Å². The first-order chi connectivity index (χ1) is 12.0. The molecule has 1 atom stereocenters. The molecule has 25 heavy (non-hydrogen) atoms. The van der Waals surface area contributed by atoms with Crippen molar-refractivity contribution in [1.82, 2.24) is 4.98 Å². The van der Waals surface area contributed by atoms with E-state index in [0.29, 0.717) is 11.4 Å². The van der Waals surface area contributed by atoms with Crippen LogP contribution < -0.4 is 14.7 Å². The van der Waals surface area contributed by atoms with Crippen LogP contribution >= 0.6 is 11.8 Å². The zero-order valence-corrected chi connectivity index (χ0v) is 14.0. The van der Waals surface area contributed by atoms with E-state index in [1.807, 2.05) is 0 Å². The summed E-state index contributed by atoms with van der Waals surface area (Å²) in [7, 11) is 1.45. The molecule has 1 aliphatic rings. The molecule has 1 aromatic carbocycles. The van der Waals surface area contributed by atoms with Gasteiger partial charge in [0.15, 0.2) is 0 Å². The number of hydrogen-bond acceptors (Lipinski definition) is 7. The molecule has 1 aliphatic heterocycles. The highest BCUT2D eigenvalue weighted by Gasteiger charge is 2.41. The summed E-state index contributed by atoms with van der Waals surface area (Å²) in [4.78, 5) is 41.3. The predicted molar refractivity (Wildman–Crippen MR) is 88.3 cm³/mol. The number of carboxylic acids is 1. The number of amides is 2. The highest BCUT2D eigenvalue weighted by Crippen LogP contribution is 2.37. The van der Waals surface area contributed by atoms with E-state index in [0.717, 1.165) is 16.7 Å². The average molecular weight is 357 g/mol. The summed E-state index contributed by atoms with van der Waals surface area (Å²) < 4.78 is 5.21. The third-order valence-electron chi connectivity index (χ3n) is 3.68. The molecule has 0 aliphatic carbocycles. The first-order valence-corrected chi connectivity index (χ1v) is 8.23. The van der Waals surface area contributed by atoms with Gasteiger partial charge in [0.05, 0.1) is 24.0 Å². The normalized spacial score (nSPS) is 17.0. The Morgan fingerprint density at radius 3 is 2.76 bits per heavy atom. The fraction of sp³-hybridized carbons (Fsp3) is 0.176. The van der Waals surface area contributed by atoms with Gasteiger partial charge in [-0.05, 0) is 24.3 Å². The summed E-state index contributed by atoms with van der Waals surface area (Å²) in [5.41, 5.74) is 0.257. The van der Waals surface area contributed by atoms with Gasteiger partial charge in [-0.25, -0.2) is 9.88 Å². The van der Waals surface area contributed by atoms with Gasteiger partial charge in [0, 0.05) is 18.2 Å². The fourth-order valence-electron chi connectivity index (χ4n) is 2.54. The number of pyridine rings is 1. The van der Waals surface area contributed by atoms with Crippen LogP contribution in [0.5, 0.6) is 5.75 Å². The number of methoxy groups -OCH3 is 1. The standard InChI is InChI=1S/C17H14N2O5S/c1-24-12-7-3-2-6-11(12)19-14(20)9-13(16(19)21)25-15-10(17(22)23)5-4-8-18-15/h2-8,13H,9H2,1H3,(H,22,23)/p-1/t13-/m1/s1. The maximum absolute atomic E-state index is 12.7. The Morgan fingerprint density at radius 1 is 1.28 bits per heavy atom. The summed E-state index contributed by atoms with van der Waals surface area (Å²) in [6, 6.07) is 9.53. The molecule has 2 amide bonds. The SMILES string of the molecule is COc1ccccc1N1C(=O)C[C@@H](Sc2ncccc2C(=O)[O-])C1=O. The van der Waals surface area contributed by atoms with Gasteiger partial charge in [0.2, 0.25) is 11.8 Å². The van der Waals surface area contributed by atoms with Gasteiger partial charge in [-0.15, -0.1) is 0 Å². The van der Waals surface area contributed by atoms with Gasteiger partial charge < -0.3 is 14.6 Å². The lowest BCUT2D eigenvalue weighted by atomic mass is 10.2. The number of benzene rings is 1. The van der Waals surface area contributed by atoms with Crippen molar-refractivity contribution in [1.29, 1.82) is 0 Å². The molecule has 2 heterocycles. The van der Waals surface area contributed by atoms with Crippen LogP contribution in [-0.4, -0.2) is 35.1 Å². The lowest BCUT2D eigenvalue weighted by Gasteiger charge is -2.18. The monoisotopic (exact) mass is 357 g/mol. The third kappa shape index (κ3) is 3.20. The number of carboxylic acid groups (broad SMARTS) is 1. The van der Waals surface area contributed by atoms with Gasteiger partial charge in [0.25, 0.3) is 0 Å². The van der Waals surface area contributed by atoms with Gasteiger partial charge >= 0.3 is 0 Å². The number of carbonyl (C=O) groups is 3. The Balaban J connectivity index is 1.89. The van der Waals surface area contributed by atoms with Gasteiger partial charge in [-0.3, -0.25) is 9.59 Å². The van der Waals surface area contributed by atoms with E-state index in [1.54, 1.807) is 24.3 Å². The molecule has 1 aromatic heterocycles. The Bertz CT molecular complexity index is 854. The number of para-hydroxylation sites is 2. The molecule has 1 saturated heterocycles. The highest BCUT2D eigenvalue weighted by atomic mass is 32.2. The number of ether oxygens (including phenoxy) is 1. The molecule has 0 bridgehead atoms. The smallest absolute Gasteiger partial charge is 0.247 e. The zero-order chi connectivity index (χ0) is 18.0. The summed E-state index contributed by atoms with van der Waals surface area (Å²) in [6.45, 7) is 0. The minimum atomic E-state index is -1.38. The number of nitrogens with zero attached hydrogens (tertiary/aromatic N) is 2. The number of anilines is 1. The number of thioether (sulfide) groups is 1. The Hall–Kier alpha value is -2.87. The van der Waals surface area contributed by atoms with E-state index >= 15 is 0 Å². The van der Waals surface area contributed by atoms with Crippen LogP contribution in [0, 0.1) is 0 Å². The molecule has 0 saturated carbocycles. The number of aromatic carboxylic acids is 1. The molecule has 8 heteroatoms. The highest BCUT2D eigenvalue weighted by molar-refractivity contribution is 8.00. The summed E-state index contributed by atoms with van der Waals surface area (Å²) in [5, 5.41) is 10.6. The number of rotatable bonds is 5. The van der Waals surface area contributed by atoms with E-state index in [4.69, 9.17) is 4.74 Å². The minimum absolute atomic E-state index is 0.0510. The van der Waals surface area contributed by atoms with Crippen molar-refractivity contribution in [3.8, 4) is 5.75 Å². The van der Waals surface area contributed by atoms with Crippen LogP contribution in [0.25, 0.3) is 0 Å². The third-order valence-corrected chi connectivity index (χ3v) is 4.88. The van der Waals surface area contributed by atoms with Crippen LogP contribution in [0.15, 0.2) is 47.6 Å². The van der Waals surface area contributed by atoms with Crippen LogP contribution in [-0.2, 0) is 9.59 Å². The first kappa shape index (κ1) is 17.0. The minimum Gasteiger partial charge on any atom is -0.545 e. The summed E-state index contributed by atoms with van der Waals surface area (Å²) in [6.07, 6.45) is 1.37. The predicted octanol–water partition coefficient (Wildman–Crippen LogP) is 0.878. The van der Waals surface area contributed by atoms with Crippen LogP contribution in [0.3, 0.4) is 0 Å². The lowest BCUT2D eigenvalue weighted by molar-refractivity contribution is -0.255. The topological polar surface area (TPSA) is 99.6 Å². The molecule has 128 valence electrons. The molecule has 7 nitrogen and oxygen atoms in total. The fourth-order valence-corrected chi connectivity index (χ4v) is 3.64. The second-order valence-corrected chi connectivity index (χ2v) is 6.38. The quantitative estimate of drug-likeness (QED) is 0.732. The summed E-state index contributed by atoms with van der Waals surface area (Å²) >= 11 is 0.945. The van der Waals surface area contributed by atoms with Crippen molar-refractivity contribution in [2.75, 3.05) is 12.0 Å². The molecule has 3 rings (SSSR count). The molecule has 0 radical (unpaired) electrons. The van der Waals surface area contributed by atoms with E-state index in [-0.39, 0.29) is 22.9 Å². The molecular formula is C17H13N2O5S-. The number of carbonyl (C=O) groups excluding carboxylic acids is 3. The second-order valence-electron chi connectivity index (χ2n) is 5.19. The Labute approximate surface area is 147 Å². The largest absolute Gasteiger partial charge is 0.545 e. The molecule has 0 spiro atoms. The molecule has 0 unspecified atom stereocenters. The van der Waals surface area contributed by atoms with Crippen molar-refractivity contribution in [2.45, 2.75) is 16.7 Å². The molecular weight excluding hydrogens is 344 g/mol.